The molecule has 1 aliphatic rings. The Morgan fingerprint density at radius 2 is 2.07 bits per heavy atom. The number of aromatic nitrogens is 5. The van der Waals surface area contributed by atoms with Crippen molar-refractivity contribution >= 4 is 46.0 Å². The van der Waals surface area contributed by atoms with Gasteiger partial charge >= 0.3 is 0 Å². The van der Waals surface area contributed by atoms with Crippen LogP contribution in [-0.2, 0) is 16.0 Å². The second-order valence-electron chi connectivity index (χ2n) is 10.1. The molecule has 1 fully saturated rings. The van der Waals surface area contributed by atoms with Crippen LogP contribution in [0.2, 0.25) is 5.02 Å². The van der Waals surface area contributed by atoms with Gasteiger partial charge in [0.1, 0.15) is 11.4 Å². The van der Waals surface area contributed by atoms with Crippen LogP contribution in [0.1, 0.15) is 15.9 Å². The fourth-order valence-electron chi connectivity index (χ4n) is 5.06. The lowest BCUT2D eigenvalue weighted by molar-refractivity contribution is -0.157. The fourth-order valence-corrected chi connectivity index (χ4v) is 5.39. The zero-order chi connectivity index (χ0) is 31.0. The summed E-state index contributed by atoms with van der Waals surface area (Å²) in [7, 11) is 0. The predicted molar refractivity (Wildman–Crippen MR) is 154 cm³/mol. The van der Waals surface area contributed by atoms with Crippen LogP contribution < -0.4 is 16.0 Å². The highest BCUT2D eigenvalue weighted by Crippen LogP contribution is 2.33. The van der Waals surface area contributed by atoms with Gasteiger partial charge in [0.15, 0.2) is 29.1 Å². The van der Waals surface area contributed by atoms with E-state index in [2.05, 4.69) is 25.8 Å². The molecule has 2 atom stereocenters. The van der Waals surface area contributed by atoms with Gasteiger partial charge in [-0.25, -0.2) is 9.07 Å². The molecule has 3 aromatic heterocycles. The molecule has 0 radical (unpaired) electrons. The summed E-state index contributed by atoms with van der Waals surface area (Å²) in [6, 6.07) is 10.5. The lowest BCUT2D eigenvalue weighted by atomic mass is 9.86. The molecule has 5 aromatic rings. The molecule has 4 heterocycles. The lowest BCUT2D eigenvalue weighted by Gasteiger charge is -2.40. The van der Waals surface area contributed by atoms with Crippen molar-refractivity contribution in [3.05, 3.63) is 83.0 Å². The number of nitrogens with zero attached hydrogens (tertiary/aromatic N) is 6. The number of nitrogens with one attached hydrogen (secondary N) is 1. The minimum absolute atomic E-state index is 0.0489. The second-order valence-corrected chi connectivity index (χ2v) is 10.5. The fraction of sp³-hybridized carbons (Fsp3) is 0.214. The van der Waals surface area contributed by atoms with E-state index in [0.29, 0.717) is 16.6 Å². The number of phenolic OH excluding ortho intramolecular Hbond substituents is 1. The third-order valence-electron chi connectivity index (χ3n) is 7.14. The van der Waals surface area contributed by atoms with Gasteiger partial charge in [-0.2, -0.15) is 10.2 Å². The van der Waals surface area contributed by atoms with Crippen molar-refractivity contribution in [2.75, 3.05) is 30.3 Å². The van der Waals surface area contributed by atoms with Crippen LogP contribution in [0.5, 0.6) is 5.75 Å². The number of amides is 2. The number of anilines is 2. The van der Waals surface area contributed by atoms with Gasteiger partial charge in [0, 0.05) is 6.42 Å². The van der Waals surface area contributed by atoms with Crippen LogP contribution >= 0.6 is 11.6 Å². The summed E-state index contributed by atoms with van der Waals surface area (Å²) in [6.45, 7) is -0.667. The van der Waals surface area contributed by atoms with Gasteiger partial charge in [0.05, 0.1) is 59.9 Å². The van der Waals surface area contributed by atoms with Crippen molar-refractivity contribution in [1.82, 2.24) is 30.5 Å². The zero-order valence-electron chi connectivity index (χ0n) is 22.7. The van der Waals surface area contributed by atoms with Crippen LogP contribution in [0.15, 0.2) is 65.6 Å². The molecular formula is C28H24ClFN8O6. The number of carbonyl (C=O) groups is 2. The van der Waals surface area contributed by atoms with E-state index in [1.807, 2.05) is 0 Å². The molecule has 0 bridgehead atoms. The number of halogens is 2. The van der Waals surface area contributed by atoms with Crippen molar-refractivity contribution < 1.29 is 33.5 Å². The number of aromatic hydroxyl groups is 1. The molecule has 0 saturated carbocycles. The van der Waals surface area contributed by atoms with E-state index >= 15 is 4.39 Å². The summed E-state index contributed by atoms with van der Waals surface area (Å²) in [5.74, 6) is -2.81. The summed E-state index contributed by atoms with van der Waals surface area (Å²) >= 11 is 6.42. The first kappa shape index (κ1) is 29.0. The Hall–Kier alpha value is -5.12. The van der Waals surface area contributed by atoms with Gasteiger partial charge in [-0.3, -0.25) is 14.5 Å². The minimum atomic E-state index is -2.12. The van der Waals surface area contributed by atoms with Crippen molar-refractivity contribution in [2.45, 2.75) is 18.1 Å². The zero-order valence-corrected chi connectivity index (χ0v) is 23.5. The highest BCUT2D eigenvalue weighted by molar-refractivity contribution is 6.36. The predicted octanol–water partition coefficient (Wildman–Crippen LogP) is 2.02. The van der Waals surface area contributed by atoms with Gasteiger partial charge in [-0.15, -0.1) is 5.10 Å². The Morgan fingerprint density at radius 3 is 2.84 bits per heavy atom. The quantitative estimate of drug-likeness (QED) is 0.198. The number of hydrogen-bond acceptors (Lipinski definition) is 11. The van der Waals surface area contributed by atoms with Gasteiger partial charge in [-0.1, -0.05) is 28.9 Å². The average Bonchev–Trinajstić information content (AvgIpc) is 3.59. The van der Waals surface area contributed by atoms with E-state index in [9.17, 15) is 19.8 Å². The Morgan fingerprint density at radius 1 is 1.25 bits per heavy atom. The normalized spacial score (nSPS) is 16.7. The van der Waals surface area contributed by atoms with Crippen molar-refractivity contribution in [3.63, 3.8) is 0 Å². The summed E-state index contributed by atoms with van der Waals surface area (Å²) in [6.07, 6.45) is 1.99. The molecule has 1 saturated heterocycles. The smallest absolute Gasteiger partial charge is 0.260 e. The maximum absolute atomic E-state index is 15.2. The Labute approximate surface area is 252 Å². The SMILES string of the molecule is Nc1noc2cc(CC(O)(CNC(=O)c3ccccc3O)[C@H]3OCCN(c4nn(-c5ccnnc5)cc4F)C3=O)cc(Cl)c12. The number of para-hydroxylation sites is 1. The number of phenols is 1. The van der Waals surface area contributed by atoms with Gasteiger partial charge in [0.25, 0.3) is 11.8 Å². The third kappa shape index (κ3) is 5.39. The third-order valence-corrected chi connectivity index (χ3v) is 7.44. The number of ether oxygens (including phenoxy) is 1. The van der Waals surface area contributed by atoms with Crippen LogP contribution in [0.3, 0.4) is 0 Å². The van der Waals surface area contributed by atoms with E-state index in [1.165, 1.54) is 41.3 Å². The summed E-state index contributed by atoms with van der Waals surface area (Å²) in [4.78, 5) is 27.9. The van der Waals surface area contributed by atoms with E-state index < -0.39 is 35.9 Å². The van der Waals surface area contributed by atoms with Crippen LogP contribution in [0.4, 0.5) is 16.0 Å². The highest BCUT2D eigenvalue weighted by atomic mass is 35.5. The number of nitrogen functional groups attached to an aromatic ring is 1. The molecule has 2 aromatic carbocycles. The minimum Gasteiger partial charge on any atom is -0.507 e. The standard InChI is InChI=1S/C28H24ClFN8O6/c29-18-9-15(10-21-22(18)24(31)36-44-21)11-28(42,14-32-26(40)17-3-1-2-4-20(17)39)23-27(41)37(7-8-43-23)25-19(30)13-38(35-25)16-5-6-33-34-12-16/h1-6,9-10,12-13,23,39,42H,7-8,11,14H2,(H2,31,36)(H,32,40)/t23-,28?/m0/s1. The molecule has 6 rings (SSSR count). The van der Waals surface area contributed by atoms with Crippen LogP contribution in [0.25, 0.3) is 16.7 Å². The first-order valence-electron chi connectivity index (χ1n) is 13.2. The Kier molecular flexibility index (Phi) is 7.59. The summed E-state index contributed by atoms with van der Waals surface area (Å²) in [5.41, 5.74) is 4.71. The molecule has 0 spiro atoms. The van der Waals surface area contributed by atoms with Gasteiger partial charge in [-0.05, 0) is 35.9 Å². The summed E-state index contributed by atoms with van der Waals surface area (Å²) < 4.78 is 27.4. The van der Waals surface area contributed by atoms with E-state index in [-0.39, 0.29) is 53.1 Å². The number of benzene rings is 2. The molecule has 16 heteroatoms. The Balaban J connectivity index is 1.33. The topological polar surface area (TPSA) is 195 Å². The van der Waals surface area contributed by atoms with Crippen LogP contribution in [-0.4, -0.2) is 78.6 Å². The number of aliphatic hydroxyl groups is 1. The molecular weight excluding hydrogens is 599 g/mol. The number of nitrogens with two attached hydrogens (primary N) is 1. The van der Waals surface area contributed by atoms with Crippen molar-refractivity contribution in [3.8, 4) is 11.4 Å². The summed E-state index contributed by atoms with van der Waals surface area (Å²) in [5, 5.41) is 40.8. The first-order valence-corrected chi connectivity index (χ1v) is 13.6. The number of fused-ring (bicyclic) bond motifs is 1. The van der Waals surface area contributed by atoms with Crippen molar-refractivity contribution in [2.24, 2.45) is 0 Å². The maximum atomic E-state index is 15.2. The molecule has 226 valence electrons. The van der Waals surface area contributed by atoms with E-state index in [0.717, 1.165) is 11.1 Å². The van der Waals surface area contributed by atoms with E-state index in [1.54, 1.807) is 18.2 Å². The maximum Gasteiger partial charge on any atom is 0.260 e. The highest BCUT2D eigenvalue weighted by Gasteiger charge is 2.48. The van der Waals surface area contributed by atoms with E-state index in [4.69, 9.17) is 26.6 Å². The molecule has 5 N–H and O–H groups in total. The molecule has 2 amide bonds. The molecule has 44 heavy (non-hydrogen) atoms. The first-order chi connectivity index (χ1) is 21.1. The molecule has 14 nitrogen and oxygen atoms in total. The number of carbonyl (C=O) groups excluding carboxylic acids is 2. The molecule has 1 aliphatic heterocycles. The second kappa shape index (κ2) is 11.5. The monoisotopic (exact) mass is 622 g/mol. The number of rotatable bonds is 8. The number of morpholine rings is 1. The largest absolute Gasteiger partial charge is 0.507 e. The Bertz CT molecular complexity index is 1870. The lowest BCUT2D eigenvalue weighted by Crippen LogP contribution is -2.63. The van der Waals surface area contributed by atoms with Gasteiger partial charge in [0.2, 0.25) is 0 Å². The average molecular weight is 623 g/mol. The van der Waals surface area contributed by atoms with Crippen LogP contribution in [0, 0.1) is 5.82 Å². The molecule has 0 aliphatic carbocycles. The number of hydrogen-bond donors (Lipinski definition) is 4. The van der Waals surface area contributed by atoms with Crippen molar-refractivity contribution in [1.29, 1.82) is 0 Å². The van der Waals surface area contributed by atoms with Gasteiger partial charge < -0.3 is 30.5 Å². The molecule has 1 unspecified atom stereocenters.